The summed E-state index contributed by atoms with van der Waals surface area (Å²) in [6.07, 6.45) is 0.0974. The lowest BCUT2D eigenvalue weighted by molar-refractivity contribution is 0.0719. The molecule has 0 saturated carbocycles. The van der Waals surface area contributed by atoms with Crippen LogP contribution in [0, 0.1) is 0 Å². The minimum atomic E-state index is -0.816. The molecule has 1 aliphatic rings. The number of hydrogen-bond donors (Lipinski definition) is 1. The molecule has 0 aliphatic carbocycles. The molecule has 4 heteroatoms. The minimum absolute atomic E-state index is 0.0937. The van der Waals surface area contributed by atoms with E-state index in [1.54, 1.807) is 4.90 Å². The maximum atomic E-state index is 11.5. The van der Waals surface area contributed by atoms with Gasteiger partial charge in [-0.1, -0.05) is 30.3 Å². The molecule has 1 fully saturated rings. The molecule has 0 bridgehead atoms. The number of benzene rings is 1. The largest absolute Gasteiger partial charge is 0.465 e. The lowest BCUT2D eigenvalue weighted by atomic mass is 10.0. The van der Waals surface area contributed by atoms with Crippen molar-refractivity contribution in [2.24, 2.45) is 0 Å². The van der Waals surface area contributed by atoms with Gasteiger partial charge in [0.15, 0.2) is 0 Å². The summed E-state index contributed by atoms with van der Waals surface area (Å²) in [6.45, 7) is 8.55. The molecule has 0 spiro atoms. The minimum Gasteiger partial charge on any atom is -0.465 e. The van der Waals surface area contributed by atoms with Crippen molar-refractivity contribution in [1.82, 2.24) is 9.80 Å². The molecule has 1 heterocycles. The molecule has 1 N–H and O–H groups in total. The monoisotopic (exact) mass is 276 g/mol. The number of nitrogens with zero attached hydrogens (tertiary/aromatic N) is 2. The molecule has 0 radical (unpaired) electrons. The van der Waals surface area contributed by atoms with Crippen LogP contribution in [0.3, 0.4) is 0 Å². The van der Waals surface area contributed by atoms with E-state index in [4.69, 9.17) is 0 Å². The predicted molar refractivity (Wildman–Crippen MR) is 79.7 cm³/mol. The van der Waals surface area contributed by atoms with E-state index in [0.717, 1.165) is 26.1 Å². The van der Waals surface area contributed by atoms with E-state index >= 15 is 0 Å². The Labute approximate surface area is 121 Å². The number of rotatable bonds is 3. The van der Waals surface area contributed by atoms with Crippen LogP contribution in [0.15, 0.2) is 30.3 Å². The van der Waals surface area contributed by atoms with Crippen LogP contribution in [0.2, 0.25) is 0 Å². The Morgan fingerprint density at radius 3 is 2.55 bits per heavy atom. The number of likely N-dealkylation sites (tertiary alicyclic amines) is 1. The summed E-state index contributed by atoms with van der Waals surface area (Å²) >= 11 is 0. The molecule has 1 amide bonds. The fourth-order valence-corrected chi connectivity index (χ4v) is 3.00. The maximum absolute atomic E-state index is 11.5. The van der Waals surface area contributed by atoms with Crippen LogP contribution in [-0.4, -0.2) is 45.7 Å². The first kappa shape index (κ1) is 14.9. The Morgan fingerprint density at radius 1 is 1.35 bits per heavy atom. The highest BCUT2D eigenvalue weighted by Crippen LogP contribution is 2.25. The lowest BCUT2D eigenvalue weighted by Gasteiger charge is -2.38. The molecular weight excluding hydrogens is 252 g/mol. The molecule has 1 unspecified atom stereocenters. The highest BCUT2D eigenvalue weighted by Gasteiger charge is 2.36. The van der Waals surface area contributed by atoms with Crippen LogP contribution in [0.25, 0.3) is 0 Å². The zero-order valence-electron chi connectivity index (χ0n) is 12.5. The zero-order valence-corrected chi connectivity index (χ0v) is 12.5. The van der Waals surface area contributed by atoms with E-state index in [9.17, 15) is 9.90 Å². The number of carbonyl (C=O) groups is 1. The summed E-state index contributed by atoms with van der Waals surface area (Å²) in [5.74, 6) is 0. The van der Waals surface area contributed by atoms with Gasteiger partial charge < -0.3 is 5.11 Å². The van der Waals surface area contributed by atoms with Crippen molar-refractivity contribution in [2.75, 3.05) is 13.1 Å². The van der Waals surface area contributed by atoms with Crippen LogP contribution in [-0.2, 0) is 6.54 Å². The Morgan fingerprint density at radius 2 is 2.00 bits per heavy atom. The van der Waals surface area contributed by atoms with E-state index in [1.165, 1.54) is 5.56 Å². The first-order chi connectivity index (χ1) is 9.38. The summed E-state index contributed by atoms with van der Waals surface area (Å²) in [5.41, 5.74) is 0.935. The van der Waals surface area contributed by atoms with Gasteiger partial charge in [0.2, 0.25) is 0 Å². The van der Waals surface area contributed by atoms with Gasteiger partial charge in [0, 0.05) is 31.2 Å². The van der Waals surface area contributed by atoms with E-state index < -0.39 is 6.09 Å². The Kier molecular flexibility index (Phi) is 4.33. The van der Waals surface area contributed by atoms with Gasteiger partial charge in [0.1, 0.15) is 0 Å². The fraction of sp³-hybridized carbons (Fsp3) is 0.562. The Balaban J connectivity index is 1.99. The van der Waals surface area contributed by atoms with Gasteiger partial charge >= 0.3 is 6.09 Å². The maximum Gasteiger partial charge on any atom is 0.408 e. The van der Waals surface area contributed by atoms with Crippen LogP contribution in [0.5, 0.6) is 0 Å². The molecule has 1 aliphatic heterocycles. The fourth-order valence-electron chi connectivity index (χ4n) is 3.00. The molecule has 1 aromatic carbocycles. The molecule has 2 rings (SSSR count). The van der Waals surface area contributed by atoms with Crippen LogP contribution in [0.1, 0.15) is 32.8 Å². The second kappa shape index (κ2) is 5.83. The van der Waals surface area contributed by atoms with Crippen molar-refractivity contribution in [3.63, 3.8) is 0 Å². The SMILES string of the molecule is CC(C)(C)N(C(=O)O)C1CCN(Cc2ccccc2)C1. The van der Waals surface area contributed by atoms with E-state index in [-0.39, 0.29) is 11.6 Å². The van der Waals surface area contributed by atoms with Gasteiger partial charge in [0.25, 0.3) is 0 Å². The molecule has 20 heavy (non-hydrogen) atoms. The average molecular weight is 276 g/mol. The van der Waals surface area contributed by atoms with Gasteiger partial charge in [-0.05, 0) is 32.8 Å². The second-order valence-corrected chi connectivity index (χ2v) is 6.49. The van der Waals surface area contributed by atoms with E-state index in [0.29, 0.717) is 0 Å². The summed E-state index contributed by atoms with van der Waals surface area (Å²) in [5, 5.41) is 9.45. The molecule has 1 atom stereocenters. The molecule has 4 nitrogen and oxygen atoms in total. The van der Waals surface area contributed by atoms with Crippen molar-refractivity contribution in [1.29, 1.82) is 0 Å². The highest BCUT2D eigenvalue weighted by molar-refractivity contribution is 5.66. The molecular formula is C16H24N2O2. The number of amides is 1. The van der Waals surface area contributed by atoms with E-state index in [1.807, 2.05) is 39.0 Å². The van der Waals surface area contributed by atoms with Gasteiger partial charge in [0.05, 0.1) is 0 Å². The Hall–Kier alpha value is -1.55. The summed E-state index contributed by atoms with van der Waals surface area (Å²) in [7, 11) is 0. The topological polar surface area (TPSA) is 43.8 Å². The first-order valence-electron chi connectivity index (χ1n) is 7.16. The average Bonchev–Trinajstić information content (AvgIpc) is 2.76. The van der Waals surface area contributed by atoms with Crippen molar-refractivity contribution >= 4 is 6.09 Å². The molecule has 1 aromatic rings. The quantitative estimate of drug-likeness (QED) is 0.923. The predicted octanol–water partition coefficient (Wildman–Crippen LogP) is 3.04. The summed E-state index contributed by atoms with van der Waals surface area (Å²) in [4.78, 5) is 15.4. The van der Waals surface area contributed by atoms with Crippen molar-refractivity contribution in [3.8, 4) is 0 Å². The van der Waals surface area contributed by atoms with Crippen molar-refractivity contribution in [2.45, 2.75) is 45.3 Å². The number of hydrogen-bond acceptors (Lipinski definition) is 2. The lowest BCUT2D eigenvalue weighted by Crippen LogP contribution is -2.52. The third-order valence-electron chi connectivity index (χ3n) is 3.79. The highest BCUT2D eigenvalue weighted by atomic mass is 16.4. The van der Waals surface area contributed by atoms with E-state index in [2.05, 4.69) is 17.0 Å². The molecule has 0 aromatic heterocycles. The first-order valence-corrected chi connectivity index (χ1v) is 7.16. The van der Waals surface area contributed by atoms with Gasteiger partial charge in [-0.2, -0.15) is 0 Å². The summed E-state index contributed by atoms with van der Waals surface area (Å²) < 4.78 is 0. The van der Waals surface area contributed by atoms with Crippen molar-refractivity contribution < 1.29 is 9.90 Å². The second-order valence-electron chi connectivity index (χ2n) is 6.49. The standard InChI is InChI=1S/C16H24N2O2/c1-16(2,3)18(15(19)20)14-9-10-17(12-14)11-13-7-5-4-6-8-13/h4-8,14H,9-12H2,1-3H3,(H,19,20). The third kappa shape index (κ3) is 3.51. The molecule has 110 valence electrons. The Bertz CT molecular complexity index is 453. The summed E-state index contributed by atoms with van der Waals surface area (Å²) in [6, 6.07) is 10.4. The normalized spacial score (nSPS) is 20.1. The van der Waals surface area contributed by atoms with Gasteiger partial charge in [-0.15, -0.1) is 0 Å². The van der Waals surface area contributed by atoms with Crippen molar-refractivity contribution in [3.05, 3.63) is 35.9 Å². The van der Waals surface area contributed by atoms with Crippen LogP contribution >= 0.6 is 0 Å². The van der Waals surface area contributed by atoms with Crippen LogP contribution < -0.4 is 0 Å². The molecule has 1 saturated heterocycles. The third-order valence-corrected chi connectivity index (χ3v) is 3.79. The van der Waals surface area contributed by atoms with Crippen LogP contribution in [0.4, 0.5) is 4.79 Å². The van der Waals surface area contributed by atoms with Gasteiger partial charge in [-0.25, -0.2) is 4.79 Å². The van der Waals surface area contributed by atoms with Gasteiger partial charge in [-0.3, -0.25) is 9.80 Å². The number of carboxylic acid groups (broad SMARTS) is 1. The smallest absolute Gasteiger partial charge is 0.408 e. The zero-order chi connectivity index (χ0) is 14.8.